The van der Waals surface area contributed by atoms with Gasteiger partial charge in [0.25, 0.3) is 0 Å². The second-order valence-corrected chi connectivity index (χ2v) is 4.57. The number of carbonyl (C=O) groups is 2. The fraction of sp³-hybridized carbons (Fsp3) is 0.833. The molecule has 6 nitrogen and oxygen atoms in total. The first-order valence-corrected chi connectivity index (χ1v) is 6.72. The van der Waals surface area contributed by atoms with E-state index in [9.17, 15) is 9.59 Å². The Hall–Kier alpha value is -1.46. The quantitative estimate of drug-likeness (QED) is 0.597. The van der Waals surface area contributed by atoms with Gasteiger partial charge in [0, 0.05) is 12.6 Å². The van der Waals surface area contributed by atoms with Crippen molar-refractivity contribution in [2.45, 2.75) is 57.9 Å². The van der Waals surface area contributed by atoms with Crippen LogP contribution in [-0.4, -0.2) is 24.6 Å². The van der Waals surface area contributed by atoms with Crippen molar-refractivity contribution < 1.29 is 9.59 Å². The average molecular weight is 254 g/mol. The van der Waals surface area contributed by atoms with E-state index in [0.29, 0.717) is 6.54 Å². The van der Waals surface area contributed by atoms with E-state index in [4.69, 9.17) is 0 Å². The Kier molecular flexibility index (Phi) is 6.98. The molecule has 1 aliphatic carbocycles. The zero-order valence-electron chi connectivity index (χ0n) is 10.9. The van der Waals surface area contributed by atoms with E-state index in [1.807, 2.05) is 6.92 Å². The molecule has 0 atom stereocenters. The number of hydrogen-bond acceptors (Lipinski definition) is 2. The molecular formula is C12H22N4O2. The van der Waals surface area contributed by atoms with Crippen molar-refractivity contribution >= 4 is 12.1 Å². The summed E-state index contributed by atoms with van der Waals surface area (Å²) in [5.41, 5.74) is 0. The molecule has 6 heteroatoms. The fourth-order valence-corrected chi connectivity index (χ4v) is 1.95. The molecule has 1 fully saturated rings. The predicted octanol–water partition coefficient (Wildman–Crippen LogP) is 2.99. The number of azo groups is 1. The Morgan fingerprint density at radius 1 is 1.11 bits per heavy atom. The van der Waals surface area contributed by atoms with Gasteiger partial charge in [-0.15, -0.1) is 0 Å². The topological polar surface area (TPSA) is 82.9 Å². The standard InChI is InChI=1S/C12H22N4O2/c1-2-3-9-13-11(17)15-16-12(18)14-10-7-5-4-6-8-10/h10H,2-9H2,1H3,(H,13,17)(H,14,18). The largest absolute Gasteiger partial charge is 0.359 e. The number of rotatable bonds is 4. The summed E-state index contributed by atoms with van der Waals surface area (Å²) in [6.07, 6.45) is 7.38. The zero-order chi connectivity index (χ0) is 13.2. The lowest BCUT2D eigenvalue weighted by atomic mass is 9.96. The first-order valence-electron chi connectivity index (χ1n) is 6.72. The minimum absolute atomic E-state index is 0.188. The van der Waals surface area contributed by atoms with Crippen molar-refractivity contribution in [3.8, 4) is 0 Å². The van der Waals surface area contributed by atoms with Gasteiger partial charge in [-0.1, -0.05) is 42.8 Å². The van der Waals surface area contributed by atoms with E-state index in [1.165, 1.54) is 6.42 Å². The minimum Gasteiger partial charge on any atom is -0.335 e. The predicted molar refractivity (Wildman–Crippen MR) is 68.6 cm³/mol. The summed E-state index contributed by atoms with van der Waals surface area (Å²) in [6, 6.07) is -0.886. The van der Waals surface area contributed by atoms with E-state index < -0.39 is 12.1 Å². The van der Waals surface area contributed by atoms with Gasteiger partial charge in [-0.3, -0.25) is 0 Å². The molecule has 1 rings (SSSR count). The average Bonchev–Trinajstić information content (AvgIpc) is 2.38. The molecule has 102 valence electrons. The maximum absolute atomic E-state index is 11.4. The summed E-state index contributed by atoms with van der Waals surface area (Å²) < 4.78 is 0. The summed E-state index contributed by atoms with van der Waals surface area (Å²) in [6.45, 7) is 2.60. The lowest BCUT2D eigenvalue weighted by Gasteiger charge is -2.21. The Labute approximate surface area is 108 Å². The van der Waals surface area contributed by atoms with Crippen LogP contribution in [0.2, 0.25) is 0 Å². The van der Waals surface area contributed by atoms with Gasteiger partial charge in [0.05, 0.1) is 0 Å². The molecule has 0 heterocycles. The molecule has 0 spiro atoms. The van der Waals surface area contributed by atoms with Crippen LogP contribution in [0.1, 0.15) is 51.9 Å². The maximum atomic E-state index is 11.4. The molecule has 1 aliphatic rings. The fourth-order valence-electron chi connectivity index (χ4n) is 1.95. The lowest BCUT2D eigenvalue weighted by molar-refractivity contribution is 0.236. The van der Waals surface area contributed by atoms with Crippen LogP contribution in [0, 0.1) is 0 Å². The van der Waals surface area contributed by atoms with E-state index >= 15 is 0 Å². The van der Waals surface area contributed by atoms with Crippen LogP contribution in [0.3, 0.4) is 0 Å². The third kappa shape index (κ3) is 6.32. The first-order chi connectivity index (χ1) is 8.72. The number of unbranched alkanes of at least 4 members (excludes halogenated alkanes) is 1. The molecule has 0 aromatic rings. The van der Waals surface area contributed by atoms with Gasteiger partial charge in [-0.05, 0) is 19.3 Å². The van der Waals surface area contributed by atoms with Crippen LogP contribution in [0.25, 0.3) is 0 Å². The molecule has 0 unspecified atom stereocenters. The second kappa shape index (κ2) is 8.60. The Morgan fingerprint density at radius 2 is 1.78 bits per heavy atom. The highest BCUT2D eigenvalue weighted by Crippen LogP contribution is 2.17. The number of urea groups is 2. The SMILES string of the molecule is CCCCNC(=O)N=NC(=O)NC1CCCCC1. The van der Waals surface area contributed by atoms with Crippen molar-refractivity contribution in [1.29, 1.82) is 0 Å². The van der Waals surface area contributed by atoms with Gasteiger partial charge in [0.15, 0.2) is 0 Å². The highest BCUT2D eigenvalue weighted by molar-refractivity contribution is 5.79. The lowest BCUT2D eigenvalue weighted by Crippen LogP contribution is -2.34. The zero-order valence-corrected chi connectivity index (χ0v) is 10.9. The van der Waals surface area contributed by atoms with Crippen molar-refractivity contribution in [3.05, 3.63) is 0 Å². The van der Waals surface area contributed by atoms with Crippen molar-refractivity contribution in [1.82, 2.24) is 10.6 Å². The summed E-state index contributed by atoms with van der Waals surface area (Å²) in [4.78, 5) is 22.6. The third-order valence-electron chi connectivity index (χ3n) is 2.97. The van der Waals surface area contributed by atoms with Gasteiger partial charge in [0.2, 0.25) is 0 Å². The van der Waals surface area contributed by atoms with Gasteiger partial charge in [-0.25, -0.2) is 9.59 Å². The number of hydrogen-bond donors (Lipinski definition) is 2. The minimum atomic E-state index is -0.553. The normalized spacial score (nSPS) is 16.7. The maximum Gasteiger partial charge on any atom is 0.359 e. The van der Waals surface area contributed by atoms with Gasteiger partial charge in [-0.2, -0.15) is 0 Å². The van der Waals surface area contributed by atoms with Gasteiger partial charge < -0.3 is 10.6 Å². The smallest absolute Gasteiger partial charge is 0.335 e. The molecule has 4 amide bonds. The number of nitrogens with one attached hydrogen (secondary N) is 2. The molecule has 0 saturated heterocycles. The third-order valence-corrected chi connectivity index (χ3v) is 2.97. The van der Waals surface area contributed by atoms with Crippen LogP contribution >= 0.6 is 0 Å². The summed E-state index contributed by atoms with van der Waals surface area (Å²) >= 11 is 0. The molecule has 0 bridgehead atoms. The summed E-state index contributed by atoms with van der Waals surface area (Å²) in [5, 5.41) is 12.0. The molecule has 0 aliphatic heterocycles. The van der Waals surface area contributed by atoms with E-state index in [2.05, 4.69) is 20.9 Å². The van der Waals surface area contributed by atoms with Gasteiger partial charge >= 0.3 is 12.1 Å². The molecule has 2 N–H and O–H groups in total. The molecule has 1 saturated carbocycles. The van der Waals surface area contributed by atoms with Crippen LogP contribution in [0.15, 0.2) is 10.2 Å². The molecular weight excluding hydrogens is 232 g/mol. The number of nitrogens with zero attached hydrogens (tertiary/aromatic N) is 2. The molecule has 0 aromatic carbocycles. The van der Waals surface area contributed by atoms with Crippen LogP contribution in [0.5, 0.6) is 0 Å². The Morgan fingerprint density at radius 3 is 2.44 bits per heavy atom. The van der Waals surface area contributed by atoms with Crippen molar-refractivity contribution in [2.75, 3.05) is 6.54 Å². The van der Waals surface area contributed by atoms with Crippen molar-refractivity contribution in [2.24, 2.45) is 10.2 Å². The van der Waals surface area contributed by atoms with Crippen LogP contribution < -0.4 is 10.6 Å². The van der Waals surface area contributed by atoms with Crippen LogP contribution in [0.4, 0.5) is 9.59 Å². The van der Waals surface area contributed by atoms with Crippen molar-refractivity contribution in [3.63, 3.8) is 0 Å². The van der Waals surface area contributed by atoms with E-state index in [0.717, 1.165) is 38.5 Å². The van der Waals surface area contributed by atoms with E-state index in [1.54, 1.807) is 0 Å². The van der Waals surface area contributed by atoms with Gasteiger partial charge in [0.1, 0.15) is 0 Å². The summed E-state index contributed by atoms with van der Waals surface area (Å²) in [5.74, 6) is 0. The highest BCUT2D eigenvalue weighted by atomic mass is 16.2. The first kappa shape index (κ1) is 14.6. The number of amides is 4. The molecule has 0 aromatic heterocycles. The second-order valence-electron chi connectivity index (χ2n) is 4.57. The number of carbonyl (C=O) groups excluding carboxylic acids is 2. The highest BCUT2D eigenvalue weighted by Gasteiger charge is 2.15. The molecule has 0 radical (unpaired) electrons. The van der Waals surface area contributed by atoms with E-state index in [-0.39, 0.29) is 6.04 Å². The molecule has 18 heavy (non-hydrogen) atoms. The Balaban J connectivity index is 2.19. The Bertz CT molecular complexity index is 298. The summed E-state index contributed by atoms with van der Waals surface area (Å²) in [7, 11) is 0. The van der Waals surface area contributed by atoms with Crippen LogP contribution in [-0.2, 0) is 0 Å². The monoisotopic (exact) mass is 254 g/mol.